The third-order valence-electron chi connectivity index (χ3n) is 2.31. The van der Waals surface area contributed by atoms with Gasteiger partial charge in [0.15, 0.2) is 0 Å². The zero-order chi connectivity index (χ0) is 12.7. The number of ether oxygens (including phenoxy) is 2. The van der Waals surface area contributed by atoms with Gasteiger partial charge in [-0.05, 0) is 19.2 Å². The van der Waals surface area contributed by atoms with Crippen LogP contribution in [0.5, 0.6) is 11.5 Å². The Labute approximate surface area is 113 Å². The number of nitrogens with one attached hydrogen (secondary N) is 2. The molecule has 5 nitrogen and oxygen atoms in total. The molecule has 6 heteroatoms. The molecule has 2 N–H and O–H groups in total. The molecule has 0 saturated heterocycles. The Morgan fingerprint density at radius 2 is 1.94 bits per heavy atom. The highest BCUT2D eigenvalue weighted by molar-refractivity contribution is 5.97. The number of carbonyl (C=O) groups excluding carboxylic acids is 1. The van der Waals surface area contributed by atoms with Crippen molar-refractivity contribution in [2.24, 2.45) is 0 Å². The molecule has 102 valence electrons. The largest absolute Gasteiger partial charge is 0.497 e. The summed E-state index contributed by atoms with van der Waals surface area (Å²) in [4.78, 5) is 11.8. The van der Waals surface area contributed by atoms with Crippen molar-refractivity contribution in [3.63, 3.8) is 0 Å². The molecule has 0 spiro atoms. The summed E-state index contributed by atoms with van der Waals surface area (Å²) in [6.07, 6.45) is 0. The van der Waals surface area contributed by atoms with Gasteiger partial charge in [0.25, 0.3) is 5.91 Å². The normalized spacial score (nSPS) is 9.28. The zero-order valence-corrected chi connectivity index (χ0v) is 11.6. The molecule has 0 aliphatic carbocycles. The molecule has 0 fully saturated rings. The summed E-state index contributed by atoms with van der Waals surface area (Å²) in [6, 6.07) is 5.11. The molecule has 0 radical (unpaired) electrons. The van der Waals surface area contributed by atoms with Crippen molar-refractivity contribution >= 4 is 18.3 Å². The highest BCUT2D eigenvalue weighted by Crippen LogP contribution is 2.24. The molecule has 0 bridgehead atoms. The van der Waals surface area contributed by atoms with E-state index in [0.717, 1.165) is 6.54 Å². The van der Waals surface area contributed by atoms with Gasteiger partial charge in [-0.1, -0.05) is 0 Å². The molecule has 1 rings (SSSR count). The summed E-state index contributed by atoms with van der Waals surface area (Å²) in [5, 5.41) is 5.75. The van der Waals surface area contributed by atoms with E-state index < -0.39 is 0 Å². The first-order valence-electron chi connectivity index (χ1n) is 5.37. The third kappa shape index (κ3) is 4.43. The zero-order valence-electron chi connectivity index (χ0n) is 10.8. The van der Waals surface area contributed by atoms with Crippen LogP contribution in [0.15, 0.2) is 18.2 Å². The van der Waals surface area contributed by atoms with Gasteiger partial charge in [0, 0.05) is 19.2 Å². The van der Waals surface area contributed by atoms with Gasteiger partial charge in [0.1, 0.15) is 11.5 Å². The summed E-state index contributed by atoms with van der Waals surface area (Å²) in [5.74, 6) is 1.01. The quantitative estimate of drug-likeness (QED) is 0.762. The van der Waals surface area contributed by atoms with Crippen molar-refractivity contribution in [2.75, 3.05) is 34.4 Å². The van der Waals surface area contributed by atoms with Gasteiger partial charge in [-0.2, -0.15) is 0 Å². The minimum Gasteiger partial charge on any atom is -0.497 e. The fourth-order valence-corrected chi connectivity index (χ4v) is 1.38. The minimum absolute atomic E-state index is 0. The fraction of sp³-hybridized carbons (Fsp3) is 0.417. The van der Waals surface area contributed by atoms with Crippen molar-refractivity contribution < 1.29 is 14.3 Å². The van der Waals surface area contributed by atoms with Gasteiger partial charge >= 0.3 is 0 Å². The molecule has 0 unspecified atom stereocenters. The van der Waals surface area contributed by atoms with Crippen LogP contribution in [0, 0.1) is 0 Å². The average Bonchev–Trinajstić information content (AvgIpc) is 2.38. The SMILES string of the molecule is CNCCNC(=O)c1ccc(OC)cc1OC.Cl. The van der Waals surface area contributed by atoms with E-state index in [2.05, 4.69) is 10.6 Å². The van der Waals surface area contributed by atoms with E-state index >= 15 is 0 Å². The van der Waals surface area contributed by atoms with Crippen molar-refractivity contribution in [3.8, 4) is 11.5 Å². The summed E-state index contributed by atoms with van der Waals surface area (Å²) in [6.45, 7) is 1.30. The smallest absolute Gasteiger partial charge is 0.255 e. The summed E-state index contributed by atoms with van der Waals surface area (Å²) in [7, 11) is 4.93. The van der Waals surface area contributed by atoms with E-state index in [1.807, 2.05) is 7.05 Å². The maximum Gasteiger partial charge on any atom is 0.255 e. The van der Waals surface area contributed by atoms with E-state index in [-0.39, 0.29) is 18.3 Å². The number of benzene rings is 1. The van der Waals surface area contributed by atoms with Crippen LogP contribution in [0.2, 0.25) is 0 Å². The maximum atomic E-state index is 11.8. The van der Waals surface area contributed by atoms with Crippen molar-refractivity contribution in [2.45, 2.75) is 0 Å². The molecule has 18 heavy (non-hydrogen) atoms. The van der Waals surface area contributed by atoms with Crippen molar-refractivity contribution in [3.05, 3.63) is 23.8 Å². The Morgan fingerprint density at radius 1 is 1.22 bits per heavy atom. The number of carbonyl (C=O) groups is 1. The second kappa shape index (κ2) is 8.60. The lowest BCUT2D eigenvalue weighted by atomic mass is 10.1. The van der Waals surface area contributed by atoms with Crippen LogP contribution >= 0.6 is 12.4 Å². The van der Waals surface area contributed by atoms with E-state index in [0.29, 0.717) is 23.6 Å². The monoisotopic (exact) mass is 274 g/mol. The van der Waals surface area contributed by atoms with E-state index in [1.54, 1.807) is 25.3 Å². The van der Waals surface area contributed by atoms with E-state index in [4.69, 9.17) is 9.47 Å². The van der Waals surface area contributed by atoms with Crippen LogP contribution in [0.4, 0.5) is 0 Å². The Kier molecular flexibility index (Phi) is 7.91. The fourth-order valence-electron chi connectivity index (χ4n) is 1.38. The Hall–Kier alpha value is -1.46. The Balaban J connectivity index is 0.00000289. The second-order valence-corrected chi connectivity index (χ2v) is 3.43. The molecule has 0 aliphatic heterocycles. The van der Waals surface area contributed by atoms with Gasteiger partial charge in [-0.3, -0.25) is 4.79 Å². The lowest BCUT2D eigenvalue weighted by Crippen LogP contribution is -2.30. The summed E-state index contributed by atoms with van der Waals surface area (Å²) in [5.41, 5.74) is 0.504. The minimum atomic E-state index is -0.153. The first-order valence-corrected chi connectivity index (χ1v) is 5.37. The molecular formula is C12H19ClN2O3. The van der Waals surface area contributed by atoms with Gasteiger partial charge in [-0.15, -0.1) is 12.4 Å². The molecule has 1 aromatic rings. The Bertz CT molecular complexity index is 386. The number of hydrogen-bond donors (Lipinski definition) is 2. The predicted octanol–water partition coefficient (Wildman–Crippen LogP) is 1.07. The standard InChI is InChI=1S/C12H18N2O3.ClH/c1-13-6-7-14-12(15)10-5-4-9(16-2)8-11(10)17-3;/h4-5,8,13H,6-7H2,1-3H3,(H,14,15);1H. The number of halogens is 1. The number of rotatable bonds is 6. The number of hydrogen-bond acceptors (Lipinski definition) is 4. The first kappa shape index (κ1) is 16.5. The third-order valence-corrected chi connectivity index (χ3v) is 2.31. The van der Waals surface area contributed by atoms with Crippen LogP contribution in [-0.4, -0.2) is 40.3 Å². The summed E-state index contributed by atoms with van der Waals surface area (Å²) < 4.78 is 10.2. The second-order valence-electron chi connectivity index (χ2n) is 3.43. The molecule has 0 aromatic heterocycles. The number of methoxy groups -OCH3 is 2. The van der Waals surface area contributed by atoms with Gasteiger partial charge in [-0.25, -0.2) is 0 Å². The van der Waals surface area contributed by atoms with Gasteiger partial charge < -0.3 is 20.1 Å². The summed E-state index contributed by atoms with van der Waals surface area (Å²) >= 11 is 0. The van der Waals surface area contributed by atoms with Crippen LogP contribution < -0.4 is 20.1 Å². The van der Waals surface area contributed by atoms with Crippen molar-refractivity contribution in [1.82, 2.24) is 10.6 Å². The molecular weight excluding hydrogens is 256 g/mol. The predicted molar refractivity (Wildman–Crippen MR) is 73.1 cm³/mol. The topological polar surface area (TPSA) is 59.6 Å². The highest BCUT2D eigenvalue weighted by Gasteiger charge is 2.12. The lowest BCUT2D eigenvalue weighted by Gasteiger charge is -2.10. The van der Waals surface area contributed by atoms with Crippen LogP contribution in [-0.2, 0) is 0 Å². The van der Waals surface area contributed by atoms with Crippen molar-refractivity contribution in [1.29, 1.82) is 0 Å². The van der Waals surface area contributed by atoms with E-state index in [1.165, 1.54) is 7.11 Å². The molecule has 1 amide bonds. The molecule has 0 heterocycles. The van der Waals surface area contributed by atoms with Gasteiger partial charge in [0.05, 0.1) is 19.8 Å². The van der Waals surface area contributed by atoms with Crippen LogP contribution in [0.3, 0.4) is 0 Å². The molecule has 0 atom stereocenters. The molecule has 1 aromatic carbocycles. The average molecular weight is 275 g/mol. The highest BCUT2D eigenvalue weighted by atomic mass is 35.5. The number of amides is 1. The van der Waals surface area contributed by atoms with Crippen LogP contribution in [0.1, 0.15) is 10.4 Å². The van der Waals surface area contributed by atoms with E-state index in [9.17, 15) is 4.79 Å². The first-order chi connectivity index (χ1) is 8.22. The molecule has 0 aliphatic rings. The Morgan fingerprint density at radius 3 is 2.50 bits per heavy atom. The number of likely N-dealkylation sites (N-methyl/N-ethyl adjacent to an activating group) is 1. The van der Waals surface area contributed by atoms with Crippen LogP contribution in [0.25, 0.3) is 0 Å². The molecule has 0 saturated carbocycles. The van der Waals surface area contributed by atoms with Gasteiger partial charge in [0.2, 0.25) is 0 Å². The maximum absolute atomic E-state index is 11.8. The lowest BCUT2D eigenvalue weighted by molar-refractivity contribution is 0.0951.